The molecule has 1 fully saturated rings. The van der Waals surface area contributed by atoms with Crippen LogP contribution in [-0.2, 0) is 6.54 Å². The van der Waals surface area contributed by atoms with E-state index >= 15 is 0 Å². The van der Waals surface area contributed by atoms with E-state index in [0.29, 0.717) is 12.4 Å². The third-order valence-corrected chi connectivity index (χ3v) is 5.07. The molecule has 0 aromatic heterocycles. The highest BCUT2D eigenvalue weighted by Crippen LogP contribution is 2.31. The fourth-order valence-electron chi connectivity index (χ4n) is 3.43. The van der Waals surface area contributed by atoms with Gasteiger partial charge in [0, 0.05) is 44.0 Å². The van der Waals surface area contributed by atoms with Gasteiger partial charge in [0.1, 0.15) is 0 Å². The lowest BCUT2D eigenvalue weighted by molar-refractivity contribution is 0.244. The Kier molecular flexibility index (Phi) is 5.49. The molecular weight excluding hydrogens is 312 g/mol. The first-order valence-electron chi connectivity index (χ1n) is 9.07. The Morgan fingerprint density at radius 2 is 1.72 bits per heavy atom. The number of hydrogen-bond donors (Lipinski definition) is 1. The third kappa shape index (κ3) is 3.90. The number of aromatic hydroxyl groups is 1. The Bertz CT molecular complexity index is 722. The number of aryl methyl sites for hydroxylation is 1. The summed E-state index contributed by atoms with van der Waals surface area (Å²) in [6.07, 6.45) is 0. The fourth-order valence-corrected chi connectivity index (χ4v) is 3.43. The molecule has 1 N–H and O–H groups in total. The second-order valence-corrected chi connectivity index (χ2v) is 6.68. The zero-order valence-corrected chi connectivity index (χ0v) is 15.5. The SMILES string of the molecule is CCOc1cccc(CN2CCN(c3cccc(C)c3C)CC2)c1O. The zero-order valence-electron chi connectivity index (χ0n) is 15.5. The standard InChI is InChI=1S/C21H28N2O2/c1-4-25-20-10-6-8-18(21(20)24)15-22-11-13-23(14-12-22)19-9-5-7-16(2)17(19)3/h5-10,24H,4,11-15H2,1-3H3. The van der Waals surface area contributed by atoms with E-state index in [-0.39, 0.29) is 5.75 Å². The van der Waals surface area contributed by atoms with Crippen molar-refractivity contribution in [2.45, 2.75) is 27.3 Å². The maximum absolute atomic E-state index is 10.4. The van der Waals surface area contributed by atoms with Gasteiger partial charge in [-0.15, -0.1) is 0 Å². The van der Waals surface area contributed by atoms with Gasteiger partial charge in [0.2, 0.25) is 0 Å². The Labute approximate surface area is 150 Å². The van der Waals surface area contributed by atoms with Crippen molar-refractivity contribution in [3.05, 3.63) is 53.1 Å². The van der Waals surface area contributed by atoms with E-state index in [4.69, 9.17) is 4.74 Å². The van der Waals surface area contributed by atoms with Crippen LogP contribution in [-0.4, -0.2) is 42.8 Å². The molecule has 0 atom stereocenters. The molecule has 0 aliphatic carbocycles. The van der Waals surface area contributed by atoms with Crippen molar-refractivity contribution in [1.29, 1.82) is 0 Å². The summed E-state index contributed by atoms with van der Waals surface area (Å²) in [4.78, 5) is 4.86. The Balaban J connectivity index is 1.63. The second kappa shape index (κ2) is 7.79. The van der Waals surface area contributed by atoms with E-state index in [2.05, 4.69) is 41.8 Å². The van der Waals surface area contributed by atoms with Gasteiger partial charge >= 0.3 is 0 Å². The summed E-state index contributed by atoms with van der Waals surface area (Å²) >= 11 is 0. The van der Waals surface area contributed by atoms with Crippen molar-refractivity contribution < 1.29 is 9.84 Å². The van der Waals surface area contributed by atoms with E-state index in [1.807, 2.05) is 25.1 Å². The monoisotopic (exact) mass is 340 g/mol. The number of benzene rings is 2. The summed E-state index contributed by atoms with van der Waals surface area (Å²) in [5, 5.41) is 10.4. The molecule has 1 aliphatic rings. The maximum Gasteiger partial charge on any atom is 0.162 e. The van der Waals surface area contributed by atoms with Gasteiger partial charge in [0.15, 0.2) is 11.5 Å². The zero-order chi connectivity index (χ0) is 17.8. The normalized spacial score (nSPS) is 15.4. The number of phenolic OH excluding ortho intramolecular Hbond substituents is 1. The summed E-state index contributed by atoms with van der Waals surface area (Å²) in [5.74, 6) is 0.857. The first kappa shape index (κ1) is 17.6. The third-order valence-electron chi connectivity index (χ3n) is 5.07. The summed E-state index contributed by atoms with van der Waals surface area (Å²) in [5.41, 5.74) is 5.00. The minimum Gasteiger partial charge on any atom is -0.504 e. The highest BCUT2D eigenvalue weighted by Gasteiger charge is 2.20. The summed E-state index contributed by atoms with van der Waals surface area (Å²) in [6, 6.07) is 12.3. The molecular formula is C21H28N2O2. The van der Waals surface area contributed by atoms with Crippen LogP contribution >= 0.6 is 0 Å². The van der Waals surface area contributed by atoms with Crippen LogP contribution in [0.25, 0.3) is 0 Å². The molecule has 25 heavy (non-hydrogen) atoms. The van der Waals surface area contributed by atoms with Gasteiger partial charge in [0.25, 0.3) is 0 Å². The number of rotatable bonds is 5. The number of anilines is 1. The number of phenols is 1. The minimum absolute atomic E-state index is 0.279. The van der Waals surface area contributed by atoms with Crippen molar-refractivity contribution in [2.75, 3.05) is 37.7 Å². The maximum atomic E-state index is 10.4. The molecule has 4 nitrogen and oxygen atoms in total. The Morgan fingerprint density at radius 1 is 1.00 bits per heavy atom. The molecule has 134 valence electrons. The first-order chi connectivity index (χ1) is 12.1. The van der Waals surface area contributed by atoms with Crippen LogP contribution in [0.1, 0.15) is 23.6 Å². The van der Waals surface area contributed by atoms with Crippen LogP contribution < -0.4 is 9.64 Å². The molecule has 0 unspecified atom stereocenters. The quantitative estimate of drug-likeness (QED) is 0.900. The minimum atomic E-state index is 0.279. The molecule has 1 saturated heterocycles. The predicted octanol–water partition coefficient (Wildman–Crippen LogP) is 3.73. The Hall–Kier alpha value is -2.20. The Morgan fingerprint density at radius 3 is 2.44 bits per heavy atom. The average Bonchev–Trinajstić information content (AvgIpc) is 2.62. The van der Waals surface area contributed by atoms with E-state index in [0.717, 1.165) is 38.3 Å². The molecule has 0 saturated carbocycles. The van der Waals surface area contributed by atoms with E-state index in [1.54, 1.807) is 0 Å². The number of piperazine rings is 1. The van der Waals surface area contributed by atoms with E-state index in [9.17, 15) is 5.11 Å². The molecule has 3 rings (SSSR count). The highest BCUT2D eigenvalue weighted by molar-refractivity contribution is 5.56. The molecule has 0 amide bonds. The van der Waals surface area contributed by atoms with Gasteiger partial charge in [0.05, 0.1) is 6.61 Å². The van der Waals surface area contributed by atoms with Gasteiger partial charge in [-0.2, -0.15) is 0 Å². The second-order valence-electron chi connectivity index (χ2n) is 6.68. The van der Waals surface area contributed by atoms with Crippen molar-refractivity contribution in [1.82, 2.24) is 4.90 Å². The van der Waals surface area contributed by atoms with E-state index < -0.39 is 0 Å². The van der Waals surface area contributed by atoms with Crippen LogP contribution in [0.3, 0.4) is 0 Å². The molecule has 4 heteroatoms. The molecule has 0 bridgehead atoms. The number of ether oxygens (including phenoxy) is 1. The van der Waals surface area contributed by atoms with E-state index in [1.165, 1.54) is 16.8 Å². The van der Waals surface area contributed by atoms with Gasteiger partial charge in [-0.1, -0.05) is 24.3 Å². The van der Waals surface area contributed by atoms with Gasteiger partial charge < -0.3 is 14.7 Å². The van der Waals surface area contributed by atoms with Crippen LogP contribution in [0.4, 0.5) is 5.69 Å². The van der Waals surface area contributed by atoms with Crippen LogP contribution in [0.2, 0.25) is 0 Å². The van der Waals surface area contributed by atoms with Crippen molar-refractivity contribution >= 4 is 5.69 Å². The highest BCUT2D eigenvalue weighted by atomic mass is 16.5. The largest absolute Gasteiger partial charge is 0.504 e. The molecule has 0 spiro atoms. The number of para-hydroxylation sites is 1. The average molecular weight is 340 g/mol. The van der Waals surface area contributed by atoms with Crippen molar-refractivity contribution in [3.8, 4) is 11.5 Å². The van der Waals surface area contributed by atoms with Gasteiger partial charge in [-0.05, 0) is 44.0 Å². The predicted molar refractivity (Wildman–Crippen MR) is 103 cm³/mol. The lowest BCUT2D eigenvalue weighted by Crippen LogP contribution is -2.46. The lowest BCUT2D eigenvalue weighted by atomic mass is 10.1. The summed E-state index contributed by atoms with van der Waals surface area (Å²) in [7, 11) is 0. The van der Waals surface area contributed by atoms with Crippen molar-refractivity contribution in [2.24, 2.45) is 0 Å². The summed E-state index contributed by atoms with van der Waals surface area (Å²) in [6.45, 7) is 11.6. The smallest absolute Gasteiger partial charge is 0.162 e. The topological polar surface area (TPSA) is 35.9 Å². The fraction of sp³-hybridized carbons (Fsp3) is 0.429. The van der Waals surface area contributed by atoms with Crippen LogP contribution in [0.5, 0.6) is 11.5 Å². The molecule has 2 aromatic rings. The molecule has 2 aromatic carbocycles. The first-order valence-corrected chi connectivity index (χ1v) is 9.07. The number of hydrogen-bond acceptors (Lipinski definition) is 4. The van der Waals surface area contributed by atoms with Crippen LogP contribution in [0, 0.1) is 13.8 Å². The van der Waals surface area contributed by atoms with Crippen LogP contribution in [0.15, 0.2) is 36.4 Å². The number of nitrogens with zero attached hydrogens (tertiary/aromatic N) is 2. The lowest BCUT2D eigenvalue weighted by Gasteiger charge is -2.37. The molecule has 1 heterocycles. The summed E-state index contributed by atoms with van der Waals surface area (Å²) < 4.78 is 5.49. The van der Waals surface area contributed by atoms with Crippen molar-refractivity contribution in [3.63, 3.8) is 0 Å². The molecule has 0 radical (unpaired) electrons. The van der Waals surface area contributed by atoms with Gasteiger partial charge in [-0.3, -0.25) is 4.90 Å². The molecule has 1 aliphatic heterocycles. The van der Waals surface area contributed by atoms with Gasteiger partial charge in [-0.25, -0.2) is 0 Å².